The lowest BCUT2D eigenvalue weighted by Crippen LogP contribution is -2.67. The van der Waals surface area contributed by atoms with Crippen molar-refractivity contribution in [2.24, 2.45) is 56.7 Å². The van der Waals surface area contributed by atoms with E-state index in [4.69, 9.17) is 4.74 Å². The summed E-state index contributed by atoms with van der Waals surface area (Å²) >= 11 is 0. The number of fused-ring (bicyclic) bond motifs is 7. The number of hydrogen-bond donors (Lipinski definition) is 0. The van der Waals surface area contributed by atoms with E-state index in [9.17, 15) is 9.59 Å². The molecule has 4 fully saturated rings. The van der Waals surface area contributed by atoms with Crippen molar-refractivity contribution in [3.05, 3.63) is 11.6 Å². The lowest BCUT2D eigenvalue weighted by Gasteiger charge is -2.70. The summed E-state index contributed by atoms with van der Waals surface area (Å²) in [4.78, 5) is 27.7. The Labute approximate surface area is 277 Å². The standard InChI is InChI=1S/C42H70O3/c1-10-11-12-13-14-15-16-17-18-19-35(44)45-34-22-24-40(7)33(38(34,4)5)21-25-42(9)37(40)32(43)28-31-36-30(3)29(2)20-23-39(36,6)26-27-41(31,42)8/h28-30,33-34,36-37H,10-27H2,1-9H3/t29-,30+,33+,34+,36+,37-,39-,40+,41-,42-/m1/s1. The fourth-order valence-electron chi connectivity index (χ4n) is 12.7. The number of unbranched alkanes of at least 4 members (excludes halogenated alkanes) is 8. The van der Waals surface area contributed by atoms with Crippen LogP contribution in [0.2, 0.25) is 0 Å². The molecule has 5 rings (SSSR count). The highest BCUT2D eigenvalue weighted by atomic mass is 16.5. The average molecular weight is 623 g/mol. The summed E-state index contributed by atoms with van der Waals surface area (Å²) in [6, 6.07) is 0. The van der Waals surface area contributed by atoms with E-state index < -0.39 is 0 Å². The molecule has 256 valence electrons. The molecule has 3 heteroatoms. The van der Waals surface area contributed by atoms with E-state index >= 15 is 0 Å². The van der Waals surface area contributed by atoms with Gasteiger partial charge in [0, 0.05) is 17.8 Å². The zero-order valence-electron chi connectivity index (χ0n) is 31.0. The van der Waals surface area contributed by atoms with Gasteiger partial charge in [-0.25, -0.2) is 0 Å². The van der Waals surface area contributed by atoms with Crippen molar-refractivity contribution in [1.82, 2.24) is 0 Å². The zero-order chi connectivity index (χ0) is 32.8. The van der Waals surface area contributed by atoms with Gasteiger partial charge in [0.1, 0.15) is 6.10 Å². The number of esters is 1. The van der Waals surface area contributed by atoms with Crippen molar-refractivity contribution < 1.29 is 14.3 Å². The number of carbonyl (C=O) groups excluding carboxylic acids is 2. The molecule has 3 nitrogen and oxygen atoms in total. The van der Waals surface area contributed by atoms with Gasteiger partial charge in [0.05, 0.1) is 0 Å². The SMILES string of the molecule is CCCCCCCCCCCC(=O)O[C@H]1CC[C@]2(C)[C@H]3C(=O)C=C4[C@@H]5[C@@H](C)[C@H](C)CC[C@]5(C)CC[C@@]4(C)[C@]3(C)CC[C@H]2C1(C)C. The number of ketones is 1. The minimum atomic E-state index is -0.133. The first-order valence-corrected chi connectivity index (χ1v) is 19.6. The normalized spacial score (nSPS) is 43.8. The van der Waals surface area contributed by atoms with Gasteiger partial charge in [-0.1, -0.05) is 119 Å². The Morgan fingerprint density at radius 2 is 1.44 bits per heavy atom. The van der Waals surface area contributed by atoms with Gasteiger partial charge in [-0.2, -0.15) is 0 Å². The highest BCUT2D eigenvalue weighted by molar-refractivity contribution is 5.95. The molecule has 0 radical (unpaired) electrons. The summed E-state index contributed by atoms with van der Waals surface area (Å²) in [5, 5.41) is 0. The molecule has 10 atom stereocenters. The highest BCUT2D eigenvalue weighted by Crippen LogP contribution is 2.75. The molecule has 4 saturated carbocycles. The first-order valence-electron chi connectivity index (χ1n) is 19.6. The monoisotopic (exact) mass is 623 g/mol. The Kier molecular flexibility index (Phi) is 10.2. The molecule has 0 N–H and O–H groups in total. The first kappa shape index (κ1) is 35.2. The van der Waals surface area contributed by atoms with E-state index in [1.807, 2.05) is 0 Å². The van der Waals surface area contributed by atoms with Crippen LogP contribution in [-0.2, 0) is 14.3 Å². The molecule has 45 heavy (non-hydrogen) atoms. The second-order valence-corrected chi connectivity index (χ2v) is 18.7. The number of allylic oxidation sites excluding steroid dienone is 2. The first-order chi connectivity index (χ1) is 21.2. The molecule has 0 aromatic rings. The molecule has 0 saturated heterocycles. The van der Waals surface area contributed by atoms with Crippen LogP contribution in [0.4, 0.5) is 0 Å². The zero-order valence-corrected chi connectivity index (χ0v) is 31.0. The van der Waals surface area contributed by atoms with Crippen LogP contribution in [0.1, 0.15) is 178 Å². The van der Waals surface area contributed by atoms with Gasteiger partial charge >= 0.3 is 5.97 Å². The third-order valence-corrected chi connectivity index (χ3v) is 15.8. The van der Waals surface area contributed by atoms with Gasteiger partial charge in [-0.15, -0.1) is 0 Å². The van der Waals surface area contributed by atoms with Gasteiger partial charge in [-0.05, 0) is 109 Å². The maximum atomic E-state index is 14.6. The summed E-state index contributed by atoms with van der Waals surface area (Å²) in [5.41, 5.74) is 1.73. The van der Waals surface area contributed by atoms with Crippen LogP contribution in [0.15, 0.2) is 11.6 Å². The van der Waals surface area contributed by atoms with Crippen molar-refractivity contribution in [1.29, 1.82) is 0 Å². The number of hydrogen-bond acceptors (Lipinski definition) is 3. The van der Waals surface area contributed by atoms with Crippen molar-refractivity contribution in [3.8, 4) is 0 Å². The fraction of sp³-hybridized carbons (Fsp3) is 0.905. The Balaban J connectivity index is 1.27. The Morgan fingerprint density at radius 3 is 2.11 bits per heavy atom. The minimum absolute atomic E-state index is 0.00446. The molecule has 0 aromatic heterocycles. The second kappa shape index (κ2) is 13.1. The Bertz CT molecular complexity index is 1120. The quantitative estimate of drug-likeness (QED) is 0.170. The van der Waals surface area contributed by atoms with Crippen LogP contribution < -0.4 is 0 Å². The maximum Gasteiger partial charge on any atom is 0.306 e. The lowest BCUT2D eigenvalue weighted by atomic mass is 9.33. The molecule has 5 aliphatic rings. The smallest absolute Gasteiger partial charge is 0.306 e. The van der Waals surface area contributed by atoms with E-state index in [1.165, 1.54) is 76.2 Å². The molecule has 0 unspecified atom stereocenters. The van der Waals surface area contributed by atoms with Crippen LogP contribution in [0.25, 0.3) is 0 Å². The van der Waals surface area contributed by atoms with Gasteiger partial charge in [-0.3, -0.25) is 9.59 Å². The Hall–Kier alpha value is -1.12. The third kappa shape index (κ3) is 5.94. The van der Waals surface area contributed by atoms with Crippen LogP contribution in [0.3, 0.4) is 0 Å². The molecule has 0 aliphatic heterocycles. The van der Waals surface area contributed by atoms with Crippen LogP contribution in [-0.4, -0.2) is 17.9 Å². The fourth-order valence-corrected chi connectivity index (χ4v) is 12.7. The minimum Gasteiger partial charge on any atom is -0.462 e. The van der Waals surface area contributed by atoms with Crippen molar-refractivity contribution >= 4 is 11.8 Å². The van der Waals surface area contributed by atoms with Crippen LogP contribution in [0.5, 0.6) is 0 Å². The van der Waals surface area contributed by atoms with Crippen molar-refractivity contribution in [2.75, 3.05) is 0 Å². The summed E-state index contributed by atoms with van der Waals surface area (Å²) < 4.78 is 6.32. The Morgan fingerprint density at radius 1 is 0.800 bits per heavy atom. The molecule has 0 amide bonds. The number of rotatable bonds is 11. The molecule has 0 spiro atoms. The van der Waals surface area contributed by atoms with Crippen LogP contribution in [0, 0.1) is 56.7 Å². The number of carbonyl (C=O) groups is 2. The molecular weight excluding hydrogens is 552 g/mol. The largest absolute Gasteiger partial charge is 0.462 e. The van der Waals surface area contributed by atoms with Crippen molar-refractivity contribution in [3.63, 3.8) is 0 Å². The highest BCUT2D eigenvalue weighted by Gasteiger charge is 2.70. The summed E-state index contributed by atoms with van der Waals surface area (Å²) in [7, 11) is 0. The maximum absolute atomic E-state index is 14.6. The van der Waals surface area contributed by atoms with E-state index in [0.29, 0.717) is 35.4 Å². The van der Waals surface area contributed by atoms with E-state index in [2.05, 4.69) is 68.4 Å². The molecule has 0 aromatic carbocycles. The van der Waals surface area contributed by atoms with Gasteiger partial charge < -0.3 is 4.74 Å². The third-order valence-electron chi connectivity index (χ3n) is 15.8. The lowest BCUT2D eigenvalue weighted by molar-refractivity contribution is -0.211. The molecule has 0 heterocycles. The predicted octanol–water partition coefficient (Wildman–Crippen LogP) is 11.7. The topological polar surface area (TPSA) is 43.4 Å². The van der Waals surface area contributed by atoms with E-state index in [0.717, 1.165) is 44.4 Å². The predicted molar refractivity (Wildman–Crippen MR) is 187 cm³/mol. The van der Waals surface area contributed by atoms with Crippen molar-refractivity contribution in [2.45, 2.75) is 184 Å². The average Bonchev–Trinajstić information content (AvgIpc) is 2.97. The van der Waals surface area contributed by atoms with Gasteiger partial charge in [0.25, 0.3) is 0 Å². The molecule has 5 aliphatic carbocycles. The van der Waals surface area contributed by atoms with E-state index in [-0.39, 0.29) is 39.7 Å². The summed E-state index contributed by atoms with van der Waals surface area (Å²) in [6.45, 7) is 22.0. The summed E-state index contributed by atoms with van der Waals surface area (Å²) in [6.07, 6.45) is 23.3. The molecule has 0 bridgehead atoms. The second-order valence-electron chi connectivity index (χ2n) is 18.7. The van der Waals surface area contributed by atoms with E-state index in [1.54, 1.807) is 0 Å². The van der Waals surface area contributed by atoms with Crippen LogP contribution >= 0.6 is 0 Å². The van der Waals surface area contributed by atoms with Gasteiger partial charge in [0.2, 0.25) is 0 Å². The molecular formula is C42H70O3. The summed E-state index contributed by atoms with van der Waals surface area (Å²) in [5.74, 6) is 2.74. The number of ether oxygens (including phenoxy) is 1. The van der Waals surface area contributed by atoms with Gasteiger partial charge in [0.15, 0.2) is 5.78 Å².